The van der Waals surface area contributed by atoms with Crippen molar-refractivity contribution < 1.29 is 13.0 Å². The Kier molecular flexibility index (Phi) is 2.80. The Morgan fingerprint density at radius 1 is 1.46 bits per heavy atom. The van der Waals surface area contributed by atoms with Crippen molar-refractivity contribution in [3.63, 3.8) is 0 Å². The van der Waals surface area contributed by atoms with Crippen molar-refractivity contribution in [2.45, 2.75) is 5.75 Å². The number of nitrogens with two attached hydrogens (primary N) is 1. The molecule has 0 bridgehead atoms. The molecule has 6 heteroatoms. The van der Waals surface area contributed by atoms with Gasteiger partial charge < -0.3 is 5.73 Å². The van der Waals surface area contributed by atoms with Gasteiger partial charge in [-0.1, -0.05) is 11.6 Å². The summed E-state index contributed by atoms with van der Waals surface area (Å²) in [4.78, 5) is 0. The number of nitrogen functional groups attached to an aromatic ring is 1. The number of hydrogen-bond acceptors (Lipinski definition) is 3. The summed E-state index contributed by atoms with van der Waals surface area (Å²) in [5, 5.41) is 0.270. The van der Waals surface area contributed by atoms with E-state index in [1.165, 1.54) is 12.1 Å². The zero-order valence-electron chi connectivity index (χ0n) is 6.57. The number of rotatable bonds is 2. The fraction of sp³-hybridized carbons (Fsp3) is 0.143. The van der Waals surface area contributed by atoms with Crippen LogP contribution >= 0.6 is 11.6 Å². The van der Waals surface area contributed by atoms with Crippen LogP contribution < -0.4 is 5.73 Å². The van der Waals surface area contributed by atoms with Crippen molar-refractivity contribution in [1.29, 1.82) is 0 Å². The Morgan fingerprint density at radius 2 is 2.08 bits per heavy atom. The van der Waals surface area contributed by atoms with Crippen LogP contribution in [0.4, 0.5) is 5.69 Å². The van der Waals surface area contributed by atoms with Gasteiger partial charge in [0.15, 0.2) is 0 Å². The highest BCUT2D eigenvalue weighted by molar-refractivity contribution is 7.85. The van der Waals surface area contributed by atoms with Crippen molar-refractivity contribution in [3.05, 3.63) is 28.8 Å². The quantitative estimate of drug-likeness (QED) is 0.583. The predicted octanol–water partition coefficient (Wildman–Crippen LogP) is 1.31. The van der Waals surface area contributed by atoms with Crippen molar-refractivity contribution in [1.82, 2.24) is 0 Å². The van der Waals surface area contributed by atoms with E-state index in [1.54, 1.807) is 6.07 Å². The van der Waals surface area contributed by atoms with Crippen LogP contribution in [0.1, 0.15) is 5.56 Å². The maximum atomic E-state index is 10.5. The molecule has 0 heterocycles. The van der Waals surface area contributed by atoms with Crippen LogP contribution in [0.3, 0.4) is 0 Å². The van der Waals surface area contributed by atoms with Gasteiger partial charge in [0, 0.05) is 10.7 Å². The molecule has 0 radical (unpaired) electrons. The first-order valence-corrected chi connectivity index (χ1v) is 5.36. The van der Waals surface area contributed by atoms with Crippen molar-refractivity contribution in [2.24, 2.45) is 0 Å². The lowest BCUT2D eigenvalue weighted by atomic mass is 10.2. The average Bonchev–Trinajstić information content (AvgIpc) is 1.94. The highest BCUT2D eigenvalue weighted by Crippen LogP contribution is 2.20. The van der Waals surface area contributed by atoms with Crippen LogP contribution in [0, 0.1) is 0 Å². The van der Waals surface area contributed by atoms with Gasteiger partial charge >= 0.3 is 0 Å². The summed E-state index contributed by atoms with van der Waals surface area (Å²) in [5.74, 6) is -0.517. The molecular weight excluding hydrogens is 214 g/mol. The van der Waals surface area contributed by atoms with Gasteiger partial charge in [-0.3, -0.25) is 4.55 Å². The van der Waals surface area contributed by atoms with Gasteiger partial charge in [-0.15, -0.1) is 0 Å². The van der Waals surface area contributed by atoms with Crippen LogP contribution in [-0.2, 0) is 15.9 Å². The molecule has 1 rings (SSSR count). The normalized spacial score (nSPS) is 11.5. The minimum absolute atomic E-state index is 0.270. The molecule has 4 nitrogen and oxygen atoms in total. The second-order valence-corrected chi connectivity index (χ2v) is 4.44. The van der Waals surface area contributed by atoms with Gasteiger partial charge in [0.05, 0.1) is 0 Å². The van der Waals surface area contributed by atoms with Gasteiger partial charge in [0.25, 0.3) is 10.1 Å². The molecule has 0 amide bonds. The topological polar surface area (TPSA) is 80.4 Å². The van der Waals surface area contributed by atoms with Gasteiger partial charge in [-0.05, 0) is 23.8 Å². The SMILES string of the molecule is Nc1ccc(Cl)c(CS(=O)(=O)O)c1. The summed E-state index contributed by atoms with van der Waals surface area (Å²) in [6, 6.07) is 4.45. The molecule has 13 heavy (non-hydrogen) atoms. The molecule has 0 aliphatic heterocycles. The lowest BCUT2D eigenvalue weighted by Crippen LogP contribution is -2.02. The second kappa shape index (κ2) is 3.53. The zero-order valence-corrected chi connectivity index (χ0v) is 8.14. The third-order valence-electron chi connectivity index (χ3n) is 1.41. The van der Waals surface area contributed by atoms with E-state index in [4.69, 9.17) is 21.9 Å². The van der Waals surface area contributed by atoms with Crippen LogP contribution in [-0.4, -0.2) is 13.0 Å². The minimum Gasteiger partial charge on any atom is -0.399 e. The summed E-state index contributed by atoms with van der Waals surface area (Å²) < 4.78 is 29.6. The Hall–Kier alpha value is -0.780. The Labute approximate surface area is 81.1 Å². The van der Waals surface area contributed by atoms with Crippen molar-refractivity contribution in [3.8, 4) is 0 Å². The molecule has 0 unspecified atom stereocenters. The van der Waals surface area contributed by atoms with Crippen molar-refractivity contribution in [2.75, 3.05) is 5.73 Å². The number of hydrogen-bond donors (Lipinski definition) is 2. The largest absolute Gasteiger partial charge is 0.399 e. The van der Waals surface area contributed by atoms with Crippen LogP contribution in [0.2, 0.25) is 5.02 Å². The smallest absolute Gasteiger partial charge is 0.269 e. The van der Waals surface area contributed by atoms with Gasteiger partial charge in [-0.2, -0.15) is 8.42 Å². The van der Waals surface area contributed by atoms with E-state index < -0.39 is 15.9 Å². The monoisotopic (exact) mass is 221 g/mol. The van der Waals surface area contributed by atoms with E-state index in [9.17, 15) is 8.42 Å². The number of benzene rings is 1. The fourth-order valence-corrected chi connectivity index (χ4v) is 1.80. The summed E-state index contributed by atoms with van der Waals surface area (Å²) in [6.07, 6.45) is 0. The van der Waals surface area contributed by atoms with Crippen LogP contribution in [0.25, 0.3) is 0 Å². The fourth-order valence-electron chi connectivity index (χ4n) is 0.902. The molecule has 1 aromatic carbocycles. The van der Waals surface area contributed by atoms with E-state index in [0.717, 1.165) is 0 Å². The molecule has 72 valence electrons. The molecule has 3 N–H and O–H groups in total. The summed E-state index contributed by atoms with van der Waals surface area (Å²) in [5.41, 5.74) is 6.11. The van der Waals surface area contributed by atoms with E-state index in [0.29, 0.717) is 11.3 Å². The van der Waals surface area contributed by atoms with Crippen LogP contribution in [0.15, 0.2) is 18.2 Å². The molecule has 0 saturated carbocycles. The first-order valence-electron chi connectivity index (χ1n) is 3.37. The Bertz CT molecular complexity index is 416. The lowest BCUT2D eigenvalue weighted by molar-refractivity contribution is 0.482. The van der Waals surface area contributed by atoms with E-state index >= 15 is 0 Å². The molecular formula is C7H8ClNO3S. The van der Waals surface area contributed by atoms with Crippen LogP contribution in [0.5, 0.6) is 0 Å². The number of halogens is 1. The predicted molar refractivity (Wildman–Crippen MR) is 51.1 cm³/mol. The third-order valence-corrected chi connectivity index (χ3v) is 2.45. The Morgan fingerprint density at radius 3 is 2.62 bits per heavy atom. The molecule has 0 saturated heterocycles. The van der Waals surface area contributed by atoms with E-state index in [2.05, 4.69) is 0 Å². The van der Waals surface area contributed by atoms with Crippen molar-refractivity contribution >= 4 is 27.4 Å². The molecule has 0 aliphatic rings. The maximum absolute atomic E-state index is 10.5. The average molecular weight is 222 g/mol. The molecule has 0 aliphatic carbocycles. The minimum atomic E-state index is -4.06. The first kappa shape index (κ1) is 10.3. The molecule has 0 spiro atoms. The summed E-state index contributed by atoms with van der Waals surface area (Å²) >= 11 is 5.67. The lowest BCUT2D eigenvalue weighted by Gasteiger charge is -2.02. The van der Waals surface area contributed by atoms with E-state index in [1.807, 2.05) is 0 Å². The molecule has 1 aromatic rings. The van der Waals surface area contributed by atoms with Gasteiger partial charge in [-0.25, -0.2) is 0 Å². The highest BCUT2D eigenvalue weighted by Gasteiger charge is 2.09. The molecule has 0 fully saturated rings. The molecule has 0 aromatic heterocycles. The maximum Gasteiger partial charge on any atom is 0.269 e. The van der Waals surface area contributed by atoms with Gasteiger partial charge in [0.2, 0.25) is 0 Å². The van der Waals surface area contributed by atoms with Gasteiger partial charge in [0.1, 0.15) is 5.75 Å². The van der Waals surface area contributed by atoms with E-state index in [-0.39, 0.29) is 5.02 Å². The third kappa shape index (κ3) is 3.22. The second-order valence-electron chi connectivity index (χ2n) is 2.58. The number of anilines is 1. The Balaban J connectivity index is 3.08. The summed E-state index contributed by atoms with van der Waals surface area (Å²) in [6.45, 7) is 0. The zero-order chi connectivity index (χ0) is 10.1. The standard InChI is InChI=1S/C7H8ClNO3S/c8-7-2-1-6(9)3-5(7)4-13(10,11)12/h1-3H,4,9H2,(H,10,11,12). The first-order chi connectivity index (χ1) is 5.88. The summed E-state index contributed by atoms with van der Waals surface area (Å²) in [7, 11) is -4.06. The highest BCUT2D eigenvalue weighted by atomic mass is 35.5. The molecule has 0 atom stereocenters.